The van der Waals surface area contributed by atoms with Crippen LogP contribution in [0.1, 0.15) is 59.5 Å². The zero-order valence-electron chi connectivity index (χ0n) is 19.7. The lowest BCUT2D eigenvalue weighted by Gasteiger charge is -2.36. The lowest BCUT2D eigenvalue weighted by atomic mass is 9.90. The van der Waals surface area contributed by atoms with Crippen molar-refractivity contribution in [2.45, 2.75) is 58.8 Å². The largest absolute Gasteiger partial charge is 0.465 e. The number of piperazine rings is 1. The molecule has 0 bridgehead atoms. The van der Waals surface area contributed by atoms with Crippen molar-refractivity contribution in [3.05, 3.63) is 40.2 Å². The van der Waals surface area contributed by atoms with Gasteiger partial charge in [-0.15, -0.1) is 0 Å². The Morgan fingerprint density at radius 2 is 1.74 bits per heavy atom. The molecule has 0 radical (unpaired) electrons. The summed E-state index contributed by atoms with van der Waals surface area (Å²) >= 11 is 0. The molecule has 8 heteroatoms. The van der Waals surface area contributed by atoms with E-state index in [0.717, 1.165) is 56.5 Å². The van der Waals surface area contributed by atoms with Gasteiger partial charge in [0.1, 0.15) is 11.6 Å². The number of H-pyrrole nitrogens is 1. The molecule has 0 unspecified atom stereocenters. The number of rotatable bonds is 6. The summed E-state index contributed by atoms with van der Waals surface area (Å²) in [6.45, 7) is 18.4. The van der Waals surface area contributed by atoms with Crippen molar-refractivity contribution in [2.24, 2.45) is 0 Å². The number of hydrogen-bond donors (Lipinski definition) is 1. The molecule has 8 nitrogen and oxygen atoms in total. The molecule has 3 rings (SSSR count). The summed E-state index contributed by atoms with van der Waals surface area (Å²) in [7, 11) is 0. The van der Waals surface area contributed by atoms with E-state index in [2.05, 4.69) is 67.4 Å². The van der Waals surface area contributed by atoms with Crippen LogP contribution in [0.25, 0.3) is 0 Å². The fourth-order valence-corrected chi connectivity index (χ4v) is 3.40. The molecule has 0 saturated carbocycles. The van der Waals surface area contributed by atoms with Crippen LogP contribution in [0.2, 0.25) is 0 Å². The molecule has 1 aliphatic heterocycles. The fraction of sp³-hybridized carbons (Fsp3) is 0.652. The summed E-state index contributed by atoms with van der Waals surface area (Å²) in [5, 5.41) is 0. The third kappa shape index (κ3) is 6.50. The third-order valence-electron chi connectivity index (χ3n) is 5.35. The fourth-order valence-electron chi connectivity index (χ4n) is 3.40. The molecule has 0 amide bonds. The molecule has 1 saturated heterocycles. The molecular weight excluding hydrogens is 392 g/mol. The molecule has 2 aromatic heterocycles. The van der Waals surface area contributed by atoms with Crippen LogP contribution in [-0.4, -0.2) is 64.2 Å². The van der Waals surface area contributed by atoms with Gasteiger partial charge in [-0.2, -0.15) is 0 Å². The highest BCUT2D eigenvalue weighted by Gasteiger charge is 2.26. The van der Waals surface area contributed by atoms with Gasteiger partial charge in [-0.3, -0.25) is 14.7 Å². The molecule has 0 aromatic carbocycles. The van der Waals surface area contributed by atoms with Gasteiger partial charge in [0, 0.05) is 61.9 Å². The Morgan fingerprint density at radius 3 is 2.35 bits per heavy atom. The molecule has 1 N–H and O–H groups in total. The quantitative estimate of drug-likeness (QED) is 0.708. The van der Waals surface area contributed by atoms with Gasteiger partial charge in [0.25, 0.3) is 11.6 Å². The number of nitrogens with one attached hydrogen (secondary N) is 1. The summed E-state index contributed by atoms with van der Waals surface area (Å²) < 4.78 is 5.54. The van der Waals surface area contributed by atoms with Crippen molar-refractivity contribution in [3.63, 3.8) is 0 Å². The van der Waals surface area contributed by atoms with E-state index in [1.165, 1.54) is 12.3 Å². The molecule has 31 heavy (non-hydrogen) atoms. The minimum Gasteiger partial charge on any atom is -0.465 e. The summed E-state index contributed by atoms with van der Waals surface area (Å²) in [4.78, 5) is 32.5. The average Bonchev–Trinajstić information content (AvgIpc) is 2.70. The van der Waals surface area contributed by atoms with Crippen LogP contribution in [0, 0.1) is 0 Å². The number of nitrogens with zero attached hydrogens (tertiary/aromatic N) is 5. The predicted molar refractivity (Wildman–Crippen MR) is 123 cm³/mol. The number of aromatic nitrogens is 4. The smallest absolute Gasteiger partial charge is 0.296 e. The summed E-state index contributed by atoms with van der Waals surface area (Å²) in [5.74, 6) is 1.94. The molecule has 0 spiro atoms. The Balaban J connectivity index is 1.54. The topological polar surface area (TPSA) is 87.2 Å². The zero-order valence-corrected chi connectivity index (χ0v) is 19.7. The van der Waals surface area contributed by atoms with E-state index in [0.29, 0.717) is 6.61 Å². The Kier molecular flexibility index (Phi) is 6.99. The van der Waals surface area contributed by atoms with Crippen LogP contribution in [0.5, 0.6) is 6.01 Å². The highest BCUT2D eigenvalue weighted by molar-refractivity contribution is 5.42. The van der Waals surface area contributed by atoms with E-state index in [-0.39, 0.29) is 22.4 Å². The monoisotopic (exact) mass is 428 g/mol. The maximum absolute atomic E-state index is 11.3. The van der Waals surface area contributed by atoms with Gasteiger partial charge in [-0.25, -0.2) is 15.0 Å². The zero-order chi connectivity index (χ0) is 22.6. The summed E-state index contributed by atoms with van der Waals surface area (Å²) in [5.41, 5.74) is 0.789. The molecule has 3 heterocycles. The first kappa shape index (κ1) is 23.2. The second kappa shape index (κ2) is 9.34. The molecule has 1 aliphatic rings. The SMILES string of the molecule is CC(C)(C)c1cc(N2CCN(CCCOc3nccc(=O)[nH]3)CC2)nc(C(C)(C)C)n1. The van der Waals surface area contributed by atoms with Crippen molar-refractivity contribution in [1.29, 1.82) is 0 Å². The van der Waals surface area contributed by atoms with Gasteiger partial charge in [0.05, 0.1) is 12.3 Å². The Morgan fingerprint density at radius 1 is 1.03 bits per heavy atom. The molecule has 2 aromatic rings. The van der Waals surface area contributed by atoms with Gasteiger partial charge >= 0.3 is 0 Å². The third-order valence-corrected chi connectivity index (χ3v) is 5.35. The first-order valence-electron chi connectivity index (χ1n) is 11.1. The van der Waals surface area contributed by atoms with E-state index in [1.807, 2.05) is 0 Å². The summed E-state index contributed by atoms with van der Waals surface area (Å²) in [6.07, 6.45) is 2.34. The Hall–Kier alpha value is -2.48. The van der Waals surface area contributed by atoms with Crippen molar-refractivity contribution in [1.82, 2.24) is 24.8 Å². The molecule has 0 aliphatic carbocycles. The second-order valence-corrected chi connectivity index (χ2v) is 10.2. The first-order chi connectivity index (χ1) is 14.5. The van der Waals surface area contributed by atoms with Gasteiger partial charge in [0.15, 0.2) is 0 Å². The molecular formula is C23H36N6O2. The van der Waals surface area contributed by atoms with E-state index in [4.69, 9.17) is 14.7 Å². The minimum absolute atomic E-state index is 0.0165. The average molecular weight is 429 g/mol. The normalized spacial score (nSPS) is 15.9. The van der Waals surface area contributed by atoms with Crippen LogP contribution in [-0.2, 0) is 10.8 Å². The number of aromatic amines is 1. The lowest BCUT2D eigenvalue weighted by molar-refractivity contribution is 0.217. The van der Waals surface area contributed by atoms with Gasteiger partial charge in [0.2, 0.25) is 0 Å². The number of ether oxygens (including phenoxy) is 1. The first-order valence-corrected chi connectivity index (χ1v) is 11.1. The van der Waals surface area contributed by atoms with E-state index >= 15 is 0 Å². The van der Waals surface area contributed by atoms with E-state index in [9.17, 15) is 4.79 Å². The van der Waals surface area contributed by atoms with E-state index in [1.54, 1.807) is 0 Å². The predicted octanol–water partition coefficient (Wildman–Crippen LogP) is 2.75. The van der Waals surface area contributed by atoms with Crippen molar-refractivity contribution in [3.8, 4) is 6.01 Å². The number of anilines is 1. The molecule has 170 valence electrons. The van der Waals surface area contributed by atoms with Crippen LogP contribution in [0.4, 0.5) is 5.82 Å². The maximum Gasteiger partial charge on any atom is 0.296 e. The van der Waals surface area contributed by atoms with E-state index < -0.39 is 0 Å². The van der Waals surface area contributed by atoms with Crippen LogP contribution in [0.3, 0.4) is 0 Å². The maximum atomic E-state index is 11.3. The van der Waals surface area contributed by atoms with Gasteiger partial charge in [-0.05, 0) is 6.42 Å². The van der Waals surface area contributed by atoms with Crippen LogP contribution < -0.4 is 15.2 Å². The molecule has 0 atom stereocenters. The van der Waals surface area contributed by atoms with Gasteiger partial charge in [-0.1, -0.05) is 41.5 Å². The lowest BCUT2D eigenvalue weighted by Crippen LogP contribution is -2.47. The van der Waals surface area contributed by atoms with Crippen LogP contribution in [0.15, 0.2) is 23.1 Å². The Labute approximate surface area is 185 Å². The van der Waals surface area contributed by atoms with Crippen LogP contribution >= 0.6 is 0 Å². The highest BCUT2D eigenvalue weighted by Crippen LogP contribution is 2.28. The van der Waals surface area contributed by atoms with Gasteiger partial charge < -0.3 is 9.64 Å². The minimum atomic E-state index is -0.199. The molecule has 1 fully saturated rings. The highest BCUT2D eigenvalue weighted by atomic mass is 16.5. The second-order valence-electron chi connectivity index (χ2n) is 10.2. The van der Waals surface area contributed by atoms with Crippen molar-refractivity contribution in [2.75, 3.05) is 44.2 Å². The Bertz CT molecular complexity index is 888. The van der Waals surface area contributed by atoms with Crippen molar-refractivity contribution < 1.29 is 4.74 Å². The summed E-state index contributed by atoms with van der Waals surface area (Å²) in [6, 6.07) is 3.82. The van der Waals surface area contributed by atoms with Crippen molar-refractivity contribution >= 4 is 5.82 Å². The standard InChI is InChI=1S/C23H36N6O2/c1-22(2,3)17-16-18(26-20(25-17)23(4,5)6)29-13-11-28(12-14-29)10-7-15-31-21-24-9-8-19(30)27-21/h8-9,16H,7,10-15H2,1-6H3,(H,24,27,30). The number of hydrogen-bond acceptors (Lipinski definition) is 7.